The lowest BCUT2D eigenvalue weighted by Gasteiger charge is -2.21. The first kappa shape index (κ1) is 14.8. The molecule has 1 aliphatic rings. The van der Waals surface area contributed by atoms with E-state index in [1.807, 2.05) is 11.0 Å². The van der Waals surface area contributed by atoms with Gasteiger partial charge in [-0.15, -0.1) is 0 Å². The SMILES string of the molecule is CCCNc1cc(N2CCCS(=O)(=O)CC2)nc(N)n1. The van der Waals surface area contributed by atoms with Gasteiger partial charge in [0.25, 0.3) is 0 Å². The van der Waals surface area contributed by atoms with Crippen molar-refractivity contribution in [2.45, 2.75) is 19.8 Å². The number of nitrogens with two attached hydrogens (primary N) is 1. The molecule has 8 heteroatoms. The van der Waals surface area contributed by atoms with Crippen LogP contribution in [0.15, 0.2) is 6.07 Å². The van der Waals surface area contributed by atoms with E-state index >= 15 is 0 Å². The van der Waals surface area contributed by atoms with E-state index in [1.165, 1.54) is 0 Å². The maximum absolute atomic E-state index is 11.6. The molecule has 0 unspecified atom stereocenters. The molecule has 0 aromatic carbocycles. The Bertz CT molecular complexity index is 561. The first-order valence-corrected chi connectivity index (χ1v) is 8.66. The van der Waals surface area contributed by atoms with E-state index in [9.17, 15) is 8.42 Å². The van der Waals surface area contributed by atoms with Gasteiger partial charge in [-0.05, 0) is 12.8 Å². The van der Waals surface area contributed by atoms with Crippen LogP contribution in [0.25, 0.3) is 0 Å². The predicted octanol–water partition coefficient (Wildman–Crippen LogP) is 0.506. The first-order valence-electron chi connectivity index (χ1n) is 6.84. The fraction of sp³-hybridized carbons (Fsp3) is 0.667. The summed E-state index contributed by atoms with van der Waals surface area (Å²) in [7, 11) is -2.93. The van der Waals surface area contributed by atoms with Crippen LogP contribution in [-0.4, -0.2) is 49.5 Å². The van der Waals surface area contributed by atoms with Gasteiger partial charge in [0, 0.05) is 25.7 Å². The summed E-state index contributed by atoms with van der Waals surface area (Å²) in [6, 6.07) is 1.82. The number of aromatic nitrogens is 2. The normalized spacial score (nSPS) is 18.6. The third-order valence-electron chi connectivity index (χ3n) is 3.17. The molecule has 1 aliphatic heterocycles. The predicted molar refractivity (Wildman–Crippen MR) is 80.7 cm³/mol. The molecule has 0 aliphatic carbocycles. The highest BCUT2D eigenvalue weighted by Crippen LogP contribution is 2.19. The highest BCUT2D eigenvalue weighted by atomic mass is 32.2. The van der Waals surface area contributed by atoms with Crippen molar-refractivity contribution in [3.8, 4) is 0 Å². The summed E-state index contributed by atoms with van der Waals surface area (Å²) < 4.78 is 23.3. The van der Waals surface area contributed by atoms with Crippen molar-refractivity contribution in [1.82, 2.24) is 9.97 Å². The van der Waals surface area contributed by atoms with Crippen LogP contribution in [0.5, 0.6) is 0 Å². The van der Waals surface area contributed by atoms with Gasteiger partial charge in [0.15, 0.2) is 9.84 Å². The lowest BCUT2D eigenvalue weighted by atomic mass is 10.3. The van der Waals surface area contributed by atoms with E-state index in [1.54, 1.807) is 0 Å². The molecule has 0 bridgehead atoms. The van der Waals surface area contributed by atoms with Gasteiger partial charge in [-0.1, -0.05) is 6.92 Å². The Labute approximate surface area is 119 Å². The Morgan fingerprint density at radius 3 is 2.90 bits per heavy atom. The molecule has 1 fully saturated rings. The average Bonchev–Trinajstić information content (AvgIpc) is 2.57. The van der Waals surface area contributed by atoms with Crippen molar-refractivity contribution < 1.29 is 8.42 Å². The van der Waals surface area contributed by atoms with Crippen molar-refractivity contribution in [1.29, 1.82) is 0 Å². The molecule has 0 atom stereocenters. The smallest absolute Gasteiger partial charge is 0.223 e. The number of anilines is 3. The van der Waals surface area contributed by atoms with Crippen LogP contribution in [0, 0.1) is 0 Å². The van der Waals surface area contributed by atoms with Crippen molar-refractivity contribution >= 4 is 27.4 Å². The number of nitrogens with one attached hydrogen (secondary N) is 1. The molecular formula is C12H21N5O2S. The molecule has 1 saturated heterocycles. The molecule has 3 N–H and O–H groups in total. The Hall–Kier alpha value is -1.57. The molecule has 2 rings (SSSR count). The topological polar surface area (TPSA) is 101 Å². The minimum absolute atomic E-state index is 0.161. The van der Waals surface area contributed by atoms with Gasteiger partial charge in [0.1, 0.15) is 11.6 Å². The monoisotopic (exact) mass is 299 g/mol. The van der Waals surface area contributed by atoms with Gasteiger partial charge in [-0.25, -0.2) is 8.42 Å². The van der Waals surface area contributed by atoms with E-state index in [-0.39, 0.29) is 17.5 Å². The maximum atomic E-state index is 11.6. The summed E-state index contributed by atoms with van der Waals surface area (Å²) in [5.74, 6) is 1.97. The molecule has 0 saturated carbocycles. The van der Waals surface area contributed by atoms with E-state index in [0.29, 0.717) is 31.1 Å². The molecule has 0 spiro atoms. The van der Waals surface area contributed by atoms with Gasteiger partial charge in [0.2, 0.25) is 5.95 Å². The minimum atomic E-state index is -2.93. The second-order valence-electron chi connectivity index (χ2n) is 4.89. The van der Waals surface area contributed by atoms with Crippen LogP contribution >= 0.6 is 0 Å². The maximum Gasteiger partial charge on any atom is 0.223 e. The first-order chi connectivity index (χ1) is 9.50. The van der Waals surface area contributed by atoms with E-state index in [4.69, 9.17) is 5.73 Å². The fourth-order valence-electron chi connectivity index (χ4n) is 2.13. The number of rotatable bonds is 4. The second-order valence-corrected chi connectivity index (χ2v) is 7.19. The van der Waals surface area contributed by atoms with Crippen molar-refractivity contribution in [3.63, 3.8) is 0 Å². The minimum Gasteiger partial charge on any atom is -0.370 e. The van der Waals surface area contributed by atoms with Crippen LogP contribution in [0.1, 0.15) is 19.8 Å². The summed E-state index contributed by atoms with van der Waals surface area (Å²) in [6.07, 6.45) is 1.60. The zero-order valence-electron chi connectivity index (χ0n) is 11.7. The van der Waals surface area contributed by atoms with Gasteiger partial charge in [-0.2, -0.15) is 9.97 Å². The molecule has 112 valence electrons. The number of hydrogen-bond donors (Lipinski definition) is 2. The van der Waals surface area contributed by atoms with Crippen LogP contribution in [-0.2, 0) is 9.84 Å². The van der Waals surface area contributed by atoms with Crippen molar-refractivity contribution in [2.24, 2.45) is 0 Å². The fourth-order valence-corrected chi connectivity index (χ4v) is 3.40. The van der Waals surface area contributed by atoms with E-state index < -0.39 is 9.84 Å². The zero-order valence-corrected chi connectivity index (χ0v) is 12.5. The standard InChI is InChI=1S/C12H21N5O2S/c1-2-4-14-10-9-11(16-12(13)15-10)17-5-3-7-20(18,19)8-6-17/h9H,2-8H2,1H3,(H3,13,14,15,16). The Morgan fingerprint density at radius 2 is 2.15 bits per heavy atom. The number of sulfone groups is 1. The second kappa shape index (κ2) is 6.25. The average molecular weight is 299 g/mol. The molecule has 20 heavy (non-hydrogen) atoms. The molecule has 1 aromatic rings. The van der Waals surface area contributed by atoms with Crippen LogP contribution in [0.3, 0.4) is 0 Å². The number of nitrogens with zero attached hydrogens (tertiary/aromatic N) is 3. The van der Waals surface area contributed by atoms with Crippen LogP contribution in [0.4, 0.5) is 17.6 Å². The number of nitrogen functional groups attached to an aromatic ring is 1. The van der Waals surface area contributed by atoms with Gasteiger partial charge in [0.05, 0.1) is 11.5 Å². The summed E-state index contributed by atoms with van der Waals surface area (Å²) in [4.78, 5) is 10.3. The lowest BCUT2D eigenvalue weighted by Crippen LogP contribution is -2.28. The van der Waals surface area contributed by atoms with E-state index in [2.05, 4.69) is 22.2 Å². The summed E-state index contributed by atoms with van der Waals surface area (Å²) in [5.41, 5.74) is 5.72. The summed E-state index contributed by atoms with van der Waals surface area (Å²) in [5, 5.41) is 3.17. The summed E-state index contributed by atoms with van der Waals surface area (Å²) in [6.45, 7) is 4.00. The molecule has 0 radical (unpaired) electrons. The molecule has 0 amide bonds. The Balaban J connectivity index is 2.17. The molecule has 1 aromatic heterocycles. The highest BCUT2D eigenvalue weighted by Gasteiger charge is 2.20. The lowest BCUT2D eigenvalue weighted by molar-refractivity contribution is 0.597. The van der Waals surface area contributed by atoms with Gasteiger partial charge < -0.3 is 16.0 Å². The summed E-state index contributed by atoms with van der Waals surface area (Å²) >= 11 is 0. The third-order valence-corrected chi connectivity index (χ3v) is 4.88. The van der Waals surface area contributed by atoms with Crippen molar-refractivity contribution in [2.75, 3.05) is 47.1 Å². The third kappa shape index (κ3) is 3.96. The quantitative estimate of drug-likeness (QED) is 0.835. The van der Waals surface area contributed by atoms with Gasteiger partial charge in [-0.3, -0.25) is 0 Å². The molecular weight excluding hydrogens is 278 g/mol. The Kier molecular flexibility index (Phi) is 4.64. The highest BCUT2D eigenvalue weighted by molar-refractivity contribution is 7.91. The Morgan fingerprint density at radius 1 is 1.35 bits per heavy atom. The zero-order chi connectivity index (χ0) is 14.6. The van der Waals surface area contributed by atoms with Crippen LogP contribution < -0.4 is 16.0 Å². The number of hydrogen-bond acceptors (Lipinski definition) is 7. The van der Waals surface area contributed by atoms with Gasteiger partial charge >= 0.3 is 0 Å². The van der Waals surface area contributed by atoms with Crippen molar-refractivity contribution in [3.05, 3.63) is 6.07 Å². The molecule has 2 heterocycles. The van der Waals surface area contributed by atoms with Crippen LogP contribution in [0.2, 0.25) is 0 Å². The van der Waals surface area contributed by atoms with E-state index in [0.717, 1.165) is 13.0 Å². The largest absolute Gasteiger partial charge is 0.370 e. The molecule has 7 nitrogen and oxygen atoms in total.